The van der Waals surface area contributed by atoms with Gasteiger partial charge in [0, 0.05) is 24.7 Å². The number of amides is 1. The number of carbonyl (C=O) groups is 1. The molecular weight excluding hydrogens is 333 g/mol. The number of carbonyl (C=O) groups excluding carboxylic acids is 1. The second-order valence-corrected chi connectivity index (χ2v) is 6.54. The summed E-state index contributed by atoms with van der Waals surface area (Å²) in [5.41, 5.74) is 1.69. The summed E-state index contributed by atoms with van der Waals surface area (Å²) < 4.78 is 14.7. The van der Waals surface area contributed by atoms with Gasteiger partial charge in [-0.1, -0.05) is 12.1 Å². The number of fused-ring (bicyclic) bond motifs is 1. The summed E-state index contributed by atoms with van der Waals surface area (Å²) >= 11 is 0. The highest BCUT2D eigenvalue weighted by Gasteiger charge is 2.19. The van der Waals surface area contributed by atoms with Crippen LogP contribution in [0.5, 0.6) is 0 Å². The van der Waals surface area contributed by atoms with Crippen LogP contribution < -0.4 is 5.56 Å². The maximum Gasteiger partial charge on any atom is 0.261 e. The number of hydrogen-bond acceptors (Lipinski definition) is 3. The van der Waals surface area contributed by atoms with Crippen LogP contribution in [0.4, 0.5) is 4.39 Å². The molecule has 1 saturated heterocycles. The Morgan fingerprint density at radius 2 is 1.81 bits per heavy atom. The Kier molecular flexibility index (Phi) is 4.24. The molecule has 4 rings (SSSR count). The second kappa shape index (κ2) is 6.71. The van der Waals surface area contributed by atoms with Gasteiger partial charge in [-0.3, -0.25) is 14.2 Å². The third-order valence-corrected chi connectivity index (χ3v) is 4.73. The van der Waals surface area contributed by atoms with E-state index in [0.29, 0.717) is 23.0 Å². The minimum absolute atomic E-state index is 0.0561. The minimum atomic E-state index is -0.416. The fraction of sp³-hybridized carbons (Fsp3) is 0.250. The molecule has 1 fully saturated rings. The van der Waals surface area contributed by atoms with Crippen molar-refractivity contribution in [3.05, 3.63) is 76.1 Å². The molecule has 2 aromatic carbocycles. The number of halogens is 1. The Bertz CT molecular complexity index is 1020. The first-order valence-corrected chi connectivity index (χ1v) is 8.65. The predicted octanol–water partition coefficient (Wildman–Crippen LogP) is 2.82. The molecule has 0 radical (unpaired) electrons. The first kappa shape index (κ1) is 16.4. The van der Waals surface area contributed by atoms with E-state index in [9.17, 15) is 14.0 Å². The quantitative estimate of drug-likeness (QED) is 0.729. The van der Waals surface area contributed by atoms with E-state index in [2.05, 4.69) is 4.98 Å². The van der Waals surface area contributed by atoms with Crippen LogP contribution in [0.1, 0.15) is 28.8 Å². The van der Waals surface area contributed by atoms with E-state index < -0.39 is 5.82 Å². The molecule has 0 atom stereocenters. The van der Waals surface area contributed by atoms with Crippen molar-refractivity contribution in [3.8, 4) is 0 Å². The van der Waals surface area contributed by atoms with Gasteiger partial charge >= 0.3 is 0 Å². The average Bonchev–Trinajstić information content (AvgIpc) is 3.19. The Hall–Kier alpha value is -3.02. The lowest BCUT2D eigenvalue weighted by molar-refractivity contribution is 0.0793. The molecule has 0 N–H and O–H groups in total. The van der Waals surface area contributed by atoms with Crippen LogP contribution >= 0.6 is 0 Å². The molecule has 1 amide bonds. The number of aromatic nitrogens is 2. The zero-order chi connectivity index (χ0) is 18.1. The summed E-state index contributed by atoms with van der Waals surface area (Å²) in [5, 5.41) is 0.384. The van der Waals surface area contributed by atoms with Crippen LogP contribution in [0.2, 0.25) is 0 Å². The monoisotopic (exact) mass is 351 g/mol. The van der Waals surface area contributed by atoms with Crippen molar-refractivity contribution in [2.24, 2.45) is 0 Å². The molecule has 0 saturated carbocycles. The van der Waals surface area contributed by atoms with E-state index in [1.165, 1.54) is 29.1 Å². The van der Waals surface area contributed by atoms with Gasteiger partial charge in [0.25, 0.3) is 11.5 Å². The fourth-order valence-electron chi connectivity index (χ4n) is 3.30. The zero-order valence-electron chi connectivity index (χ0n) is 14.2. The SMILES string of the molecule is O=C(c1ccc(Cn2cnc3cc(F)ccc3c2=O)cc1)N1CCCC1. The summed E-state index contributed by atoms with van der Waals surface area (Å²) in [6.07, 6.45) is 3.55. The summed E-state index contributed by atoms with van der Waals surface area (Å²) in [5.74, 6) is -0.360. The molecule has 132 valence electrons. The van der Waals surface area contributed by atoms with Gasteiger partial charge in [-0.2, -0.15) is 0 Å². The maximum absolute atomic E-state index is 13.3. The minimum Gasteiger partial charge on any atom is -0.339 e. The van der Waals surface area contributed by atoms with Gasteiger partial charge in [0.05, 0.1) is 23.8 Å². The summed E-state index contributed by atoms with van der Waals surface area (Å²) in [6.45, 7) is 1.98. The lowest BCUT2D eigenvalue weighted by Crippen LogP contribution is -2.27. The smallest absolute Gasteiger partial charge is 0.261 e. The molecule has 3 aromatic rings. The summed E-state index contributed by atoms with van der Waals surface area (Å²) in [6, 6.07) is 11.3. The number of nitrogens with zero attached hydrogens (tertiary/aromatic N) is 3. The van der Waals surface area contributed by atoms with Crippen LogP contribution in [-0.2, 0) is 6.54 Å². The molecule has 0 bridgehead atoms. The average molecular weight is 351 g/mol. The van der Waals surface area contributed by atoms with Gasteiger partial charge in [0.1, 0.15) is 5.82 Å². The van der Waals surface area contributed by atoms with Gasteiger partial charge in [-0.25, -0.2) is 9.37 Å². The predicted molar refractivity (Wildman–Crippen MR) is 96.6 cm³/mol. The molecular formula is C20H18FN3O2. The fourth-order valence-corrected chi connectivity index (χ4v) is 3.30. The maximum atomic E-state index is 13.3. The Balaban J connectivity index is 1.56. The summed E-state index contributed by atoms with van der Waals surface area (Å²) in [7, 11) is 0. The normalized spacial score (nSPS) is 14.1. The highest BCUT2D eigenvalue weighted by atomic mass is 19.1. The Morgan fingerprint density at radius 3 is 2.54 bits per heavy atom. The molecule has 1 aliphatic heterocycles. The van der Waals surface area contributed by atoms with Crippen LogP contribution in [0, 0.1) is 5.82 Å². The van der Waals surface area contributed by atoms with Crippen molar-refractivity contribution in [3.63, 3.8) is 0 Å². The lowest BCUT2D eigenvalue weighted by Gasteiger charge is -2.15. The molecule has 0 aliphatic carbocycles. The number of benzene rings is 2. The molecule has 6 heteroatoms. The Labute approximate surface area is 149 Å². The van der Waals surface area contributed by atoms with Gasteiger partial charge in [-0.05, 0) is 42.7 Å². The van der Waals surface area contributed by atoms with Gasteiger partial charge in [0.15, 0.2) is 0 Å². The topological polar surface area (TPSA) is 55.2 Å². The molecule has 1 aliphatic rings. The van der Waals surface area contributed by atoms with Crippen molar-refractivity contribution in [1.29, 1.82) is 0 Å². The van der Waals surface area contributed by atoms with Crippen LogP contribution in [0.15, 0.2) is 53.6 Å². The largest absolute Gasteiger partial charge is 0.339 e. The van der Waals surface area contributed by atoms with Crippen molar-refractivity contribution in [2.45, 2.75) is 19.4 Å². The van der Waals surface area contributed by atoms with Crippen LogP contribution in [-0.4, -0.2) is 33.4 Å². The third-order valence-electron chi connectivity index (χ3n) is 4.73. The molecule has 1 aromatic heterocycles. The number of likely N-dealkylation sites (tertiary alicyclic amines) is 1. The van der Waals surface area contributed by atoms with E-state index in [4.69, 9.17) is 0 Å². The third kappa shape index (κ3) is 3.10. The number of rotatable bonds is 3. The molecule has 0 unspecified atom stereocenters. The van der Waals surface area contributed by atoms with E-state index in [1.807, 2.05) is 17.0 Å². The van der Waals surface area contributed by atoms with Crippen molar-refractivity contribution in [1.82, 2.24) is 14.5 Å². The lowest BCUT2D eigenvalue weighted by atomic mass is 10.1. The van der Waals surface area contributed by atoms with E-state index in [-0.39, 0.29) is 11.5 Å². The molecule has 2 heterocycles. The molecule has 26 heavy (non-hydrogen) atoms. The van der Waals surface area contributed by atoms with Crippen molar-refractivity contribution in [2.75, 3.05) is 13.1 Å². The zero-order valence-corrected chi connectivity index (χ0v) is 14.2. The van der Waals surface area contributed by atoms with E-state index in [1.54, 1.807) is 12.1 Å². The highest BCUT2D eigenvalue weighted by Crippen LogP contribution is 2.14. The first-order valence-electron chi connectivity index (χ1n) is 8.65. The molecule has 5 nitrogen and oxygen atoms in total. The Morgan fingerprint density at radius 1 is 1.08 bits per heavy atom. The van der Waals surface area contributed by atoms with Crippen LogP contribution in [0.3, 0.4) is 0 Å². The molecule has 0 spiro atoms. The van der Waals surface area contributed by atoms with Gasteiger partial charge in [-0.15, -0.1) is 0 Å². The second-order valence-electron chi connectivity index (χ2n) is 6.54. The van der Waals surface area contributed by atoms with Gasteiger partial charge < -0.3 is 4.90 Å². The van der Waals surface area contributed by atoms with Crippen LogP contribution in [0.25, 0.3) is 10.9 Å². The van der Waals surface area contributed by atoms with Gasteiger partial charge in [0.2, 0.25) is 0 Å². The first-order chi connectivity index (χ1) is 12.6. The van der Waals surface area contributed by atoms with E-state index >= 15 is 0 Å². The summed E-state index contributed by atoms with van der Waals surface area (Å²) in [4.78, 5) is 30.9. The van der Waals surface area contributed by atoms with Crippen molar-refractivity contribution < 1.29 is 9.18 Å². The van der Waals surface area contributed by atoms with E-state index in [0.717, 1.165) is 31.5 Å². The highest BCUT2D eigenvalue weighted by molar-refractivity contribution is 5.94. The number of hydrogen-bond donors (Lipinski definition) is 0. The standard InChI is InChI=1S/C20H18FN3O2/c21-16-7-8-17-18(11-16)22-13-24(20(17)26)12-14-3-5-15(6-4-14)19(25)23-9-1-2-10-23/h3-8,11,13H,1-2,9-10,12H2. The van der Waals surface area contributed by atoms with Crippen molar-refractivity contribution >= 4 is 16.8 Å².